The Labute approximate surface area is 121 Å². The molecular formula is C14H16N2O3S. The van der Waals surface area contributed by atoms with Crippen LogP contribution in [0.5, 0.6) is 0 Å². The summed E-state index contributed by atoms with van der Waals surface area (Å²) < 4.78 is 0. The number of piperidine rings is 1. The maximum atomic E-state index is 12.4. The Bertz CT molecular complexity index is 570. The van der Waals surface area contributed by atoms with Crippen molar-refractivity contribution in [2.75, 3.05) is 13.2 Å². The molecule has 1 saturated heterocycles. The predicted octanol–water partition coefficient (Wildman–Crippen LogP) is 0.572. The van der Waals surface area contributed by atoms with E-state index in [4.69, 9.17) is 10.8 Å². The van der Waals surface area contributed by atoms with Crippen molar-refractivity contribution in [1.82, 2.24) is 4.90 Å². The van der Waals surface area contributed by atoms with E-state index in [2.05, 4.69) is 11.8 Å². The molecule has 3 N–H and O–H groups in total. The van der Waals surface area contributed by atoms with Gasteiger partial charge in [0.1, 0.15) is 12.6 Å². The first kappa shape index (κ1) is 14.6. The van der Waals surface area contributed by atoms with E-state index in [1.807, 2.05) is 0 Å². The number of carbonyl (C=O) groups is 2. The first-order chi connectivity index (χ1) is 9.63. The highest BCUT2D eigenvalue weighted by Crippen LogP contribution is 2.22. The Balaban J connectivity index is 2.17. The number of aliphatic hydroxyl groups excluding tert-OH is 1. The summed E-state index contributed by atoms with van der Waals surface area (Å²) in [7, 11) is 0. The second-order valence-electron chi connectivity index (χ2n) is 4.57. The third-order valence-electron chi connectivity index (χ3n) is 3.23. The molecule has 1 fully saturated rings. The molecule has 0 saturated carbocycles. The third-order valence-corrected chi connectivity index (χ3v) is 4.07. The highest BCUT2D eigenvalue weighted by Gasteiger charge is 2.31. The average Bonchev–Trinajstić information content (AvgIpc) is 2.93. The van der Waals surface area contributed by atoms with Gasteiger partial charge in [-0.15, -0.1) is 11.3 Å². The fourth-order valence-electron chi connectivity index (χ4n) is 2.28. The standard InChI is InChI=1S/C14H16N2O3S/c15-13(18)12-5-1-2-6-16(12)14(19)10-8-11(20-9-10)4-3-7-17/h8-9,12,17H,1-2,5-7H2,(H2,15,18). The van der Waals surface area contributed by atoms with E-state index >= 15 is 0 Å². The number of aliphatic hydroxyl groups is 1. The van der Waals surface area contributed by atoms with Crippen molar-refractivity contribution >= 4 is 23.2 Å². The van der Waals surface area contributed by atoms with E-state index in [9.17, 15) is 9.59 Å². The summed E-state index contributed by atoms with van der Waals surface area (Å²) in [5.41, 5.74) is 5.88. The average molecular weight is 292 g/mol. The quantitative estimate of drug-likeness (QED) is 0.782. The zero-order valence-electron chi connectivity index (χ0n) is 11.0. The number of thiophene rings is 1. The molecule has 0 radical (unpaired) electrons. The Morgan fingerprint density at radius 3 is 3.00 bits per heavy atom. The lowest BCUT2D eigenvalue weighted by Crippen LogP contribution is -2.50. The number of hydrogen-bond donors (Lipinski definition) is 2. The van der Waals surface area contributed by atoms with Gasteiger partial charge in [-0.2, -0.15) is 0 Å². The molecule has 0 aliphatic carbocycles. The van der Waals surface area contributed by atoms with E-state index in [0.29, 0.717) is 18.5 Å². The fraction of sp³-hybridized carbons (Fsp3) is 0.429. The fourth-order valence-corrected chi connectivity index (χ4v) is 3.03. The van der Waals surface area contributed by atoms with Crippen LogP contribution >= 0.6 is 11.3 Å². The maximum Gasteiger partial charge on any atom is 0.255 e. The predicted molar refractivity (Wildman–Crippen MR) is 76.2 cm³/mol. The van der Waals surface area contributed by atoms with E-state index in [0.717, 1.165) is 17.7 Å². The molecule has 2 heterocycles. The first-order valence-corrected chi connectivity index (χ1v) is 7.30. The van der Waals surface area contributed by atoms with Crippen molar-refractivity contribution in [3.63, 3.8) is 0 Å². The van der Waals surface area contributed by atoms with Gasteiger partial charge >= 0.3 is 0 Å². The maximum absolute atomic E-state index is 12.4. The summed E-state index contributed by atoms with van der Waals surface area (Å²) in [5.74, 6) is 4.67. The summed E-state index contributed by atoms with van der Waals surface area (Å²) in [6.45, 7) is 0.344. The van der Waals surface area contributed by atoms with Gasteiger partial charge < -0.3 is 15.7 Å². The molecule has 2 rings (SSSR count). The zero-order valence-corrected chi connectivity index (χ0v) is 11.8. The van der Waals surface area contributed by atoms with Gasteiger partial charge in [0.15, 0.2) is 0 Å². The van der Waals surface area contributed by atoms with Crippen LogP contribution in [0.2, 0.25) is 0 Å². The van der Waals surface area contributed by atoms with E-state index in [1.165, 1.54) is 11.3 Å². The molecule has 2 amide bonds. The summed E-state index contributed by atoms with van der Waals surface area (Å²) in [6.07, 6.45) is 2.42. The van der Waals surface area contributed by atoms with Gasteiger partial charge in [0, 0.05) is 11.9 Å². The number of rotatable bonds is 2. The van der Waals surface area contributed by atoms with Crippen LogP contribution < -0.4 is 5.73 Å². The molecule has 20 heavy (non-hydrogen) atoms. The first-order valence-electron chi connectivity index (χ1n) is 6.42. The number of primary amides is 1. The Morgan fingerprint density at radius 2 is 2.30 bits per heavy atom. The van der Waals surface area contributed by atoms with Crippen molar-refractivity contribution in [3.8, 4) is 11.8 Å². The zero-order chi connectivity index (χ0) is 14.5. The van der Waals surface area contributed by atoms with Gasteiger partial charge in [-0.1, -0.05) is 11.8 Å². The van der Waals surface area contributed by atoms with E-state index in [1.54, 1.807) is 16.3 Å². The Hall–Kier alpha value is -1.84. The summed E-state index contributed by atoms with van der Waals surface area (Å²) in [6, 6.07) is 1.17. The number of amides is 2. The second kappa shape index (κ2) is 6.55. The van der Waals surface area contributed by atoms with Crippen molar-refractivity contribution in [3.05, 3.63) is 21.9 Å². The number of likely N-dealkylation sites (tertiary alicyclic amines) is 1. The SMILES string of the molecule is NC(=O)C1CCCCN1C(=O)c1csc(C#CCO)c1. The molecule has 1 unspecified atom stereocenters. The molecule has 1 atom stereocenters. The van der Waals surface area contributed by atoms with E-state index < -0.39 is 11.9 Å². The largest absolute Gasteiger partial charge is 0.384 e. The minimum atomic E-state index is -0.511. The molecule has 1 aromatic rings. The highest BCUT2D eigenvalue weighted by molar-refractivity contribution is 7.10. The van der Waals surface area contributed by atoms with Crippen LogP contribution in [0.4, 0.5) is 0 Å². The number of nitrogens with two attached hydrogens (primary N) is 1. The van der Waals surface area contributed by atoms with Crippen molar-refractivity contribution in [1.29, 1.82) is 0 Å². The van der Waals surface area contributed by atoms with Crippen LogP contribution in [0.15, 0.2) is 11.4 Å². The van der Waals surface area contributed by atoms with Gasteiger partial charge in [-0.25, -0.2) is 0 Å². The summed E-state index contributed by atoms with van der Waals surface area (Å²) in [4.78, 5) is 26.1. The Morgan fingerprint density at radius 1 is 1.50 bits per heavy atom. The molecule has 5 nitrogen and oxygen atoms in total. The van der Waals surface area contributed by atoms with Crippen LogP contribution in [0.3, 0.4) is 0 Å². The molecule has 1 aliphatic heterocycles. The van der Waals surface area contributed by atoms with Crippen LogP contribution in [-0.2, 0) is 4.79 Å². The van der Waals surface area contributed by atoms with Crippen molar-refractivity contribution < 1.29 is 14.7 Å². The molecule has 0 bridgehead atoms. The molecule has 0 aromatic carbocycles. The van der Waals surface area contributed by atoms with Crippen molar-refractivity contribution in [2.45, 2.75) is 25.3 Å². The van der Waals surface area contributed by atoms with Gasteiger partial charge in [0.05, 0.1) is 10.4 Å². The molecule has 106 valence electrons. The minimum Gasteiger partial charge on any atom is -0.384 e. The summed E-state index contributed by atoms with van der Waals surface area (Å²) in [5, 5.41) is 10.4. The minimum absolute atomic E-state index is 0.179. The van der Waals surface area contributed by atoms with E-state index in [-0.39, 0.29) is 12.5 Å². The molecule has 1 aromatic heterocycles. The normalized spacial score (nSPS) is 18.2. The van der Waals surface area contributed by atoms with Gasteiger partial charge in [0.2, 0.25) is 5.91 Å². The van der Waals surface area contributed by atoms with Crippen LogP contribution in [0.25, 0.3) is 0 Å². The monoisotopic (exact) mass is 292 g/mol. The third kappa shape index (κ3) is 3.18. The Kier molecular flexibility index (Phi) is 4.77. The molecule has 1 aliphatic rings. The van der Waals surface area contributed by atoms with Crippen LogP contribution in [0, 0.1) is 11.8 Å². The van der Waals surface area contributed by atoms with Gasteiger partial charge in [0.25, 0.3) is 5.91 Å². The lowest BCUT2D eigenvalue weighted by Gasteiger charge is -2.33. The number of nitrogens with zero attached hydrogens (tertiary/aromatic N) is 1. The smallest absolute Gasteiger partial charge is 0.255 e. The number of carbonyl (C=O) groups excluding carboxylic acids is 2. The van der Waals surface area contributed by atoms with Crippen molar-refractivity contribution in [2.24, 2.45) is 5.73 Å². The lowest BCUT2D eigenvalue weighted by molar-refractivity contribution is -0.123. The highest BCUT2D eigenvalue weighted by atomic mass is 32.1. The van der Waals surface area contributed by atoms with Gasteiger partial charge in [-0.05, 0) is 25.3 Å². The van der Waals surface area contributed by atoms with Crippen LogP contribution in [-0.4, -0.2) is 41.0 Å². The molecule has 0 spiro atoms. The second-order valence-corrected chi connectivity index (χ2v) is 5.48. The molecule has 6 heteroatoms. The summed E-state index contributed by atoms with van der Waals surface area (Å²) >= 11 is 1.34. The van der Waals surface area contributed by atoms with Crippen LogP contribution in [0.1, 0.15) is 34.5 Å². The molecular weight excluding hydrogens is 276 g/mol. The lowest BCUT2D eigenvalue weighted by atomic mass is 10.0. The van der Waals surface area contributed by atoms with Gasteiger partial charge in [-0.3, -0.25) is 9.59 Å². The topological polar surface area (TPSA) is 83.6 Å². The number of hydrogen-bond acceptors (Lipinski definition) is 4.